The minimum atomic E-state index is -0.660. The number of hydrogen-bond acceptors (Lipinski definition) is 4. The summed E-state index contributed by atoms with van der Waals surface area (Å²) in [6, 6.07) is 6.44. The molecule has 1 aromatic carbocycles. The van der Waals surface area contributed by atoms with Crippen LogP contribution in [0, 0.1) is 20.8 Å². The van der Waals surface area contributed by atoms with E-state index in [-0.39, 0.29) is 12.3 Å². The number of carbonyl (C=O) groups is 2. The topological polar surface area (TPSA) is 97.1 Å². The van der Waals surface area contributed by atoms with Crippen molar-refractivity contribution in [3.63, 3.8) is 0 Å². The Balaban J connectivity index is 2.12. The number of nitrogens with zero attached hydrogens (tertiary/aromatic N) is 1. The third-order valence-corrected chi connectivity index (χ3v) is 4.53. The second-order valence-corrected chi connectivity index (χ2v) is 6.53. The van der Waals surface area contributed by atoms with Crippen LogP contribution in [0.25, 0.3) is 0 Å². The van der Waals surface area contributed by atoms with Crippen LogP contribution < -0.4 is 16.4 Å². The monoisotopic (exact) mass is 332 g/mol. The number of hydrogen-bond donors (Lipinski definition) is 3. The number of primary amides is 1. The van der Waals surface area contributed by atoms with Gasteiger partial charge in [-0.05, 0) is 31.9 Å². The number of amides is 3. The summed E-state index contributed by atoms with van der Waals surface area (Å²) in [7, 11) is 0. The van der Waals surface area contributed by atoms with Crippen molar-refractivity contribution >= 4 is 28.4 Å². The predicted molar refractivity (Wildman–Crippen MR) is 91.5 cm³/mol. The van der Waals surface area contributed by atoms with Gasteiger partial charge in [-0.2, -0.15) is 0 Å². The van der Waals surface area contributed by atoms with E-state index in [9.17, 15) is 9.59 Å². The zero-order chi connectivity index (χ0) is 17.0. The van der Waals surface area contributed by atoms with Crippen LogP contribution in [0.4, 0.5) is 9.93 Å². The first-order valence-electron chi connectivity index (χ1n) is 7.22. The zero-order valence-electron chi connectivity index (χ0n) is 13.3. The highest BCUT2D eigenvalue weighted by molar-refractivity contribution is 7.15. The summed E-state index contributed by atoms with van der Waals surface area (Å²) in [5.74, 6) is -0.222. The molecule has 6 nitrogen and oxygen atoms in total. The van der Waals surface area contributed by atoms with E-state index in [0.717, 1.165) is 21.7 Å². The summed E-state index contributed by atoms with van der Waals surface area (Å²) < 4.78 is 0. The molecule has 0 radical (unpaired) electrons. The van der Waals surface area contributed by atoms with E-state index >= 15 is 0 Å². The van der Waals surface area contributed by atoms with Gasteiger partial charge >= 0.3 is 6.03 Å². The highest BCUT2D eigenvalue weighted by Crippen LogP contribution is 2.24. The van der Waals surface area contributed by atoms with E-state index in [1.54, 1.807) is 0 Å². The quantitative estimate of drug-likeness (QED) is 0.785. The summed E-state index contributed by atoms with van der Waals surface area (Å²) in [6.45, 7) is 5.77. The molecule has 2 aromatic rings. The van der Waals surface area contributed by atoms with Gasteiger partial charge in [-0.1, -0.05) is 24.3 Å². The number of rotatable bonds is 5. The molecular formula is C16H20N4O2S. The normalized spacial score (nSPS) is 11.8. The van der Waals surface area contributed by atoms with Crippen LogP contribution in [0.15, 0.2) is 24.3 Å². The van der Waals surface area contributed by atoms with Crippen LogP contribution in [-0.2, 0) is 4.79 Å². The first-order valence-corrected chi connectivity index (χ1v) is 8.04. The van der Waals surface area contributed by atoms with E-state index in [1.165, 1.54) is 11.3 Å². The molecular weight excluding hydrogens is 312 g/mol. The second kappa shape index (κ2) is 7.23. The maximum absolute atomic E-state index is 12.3. The van der Waals surface area contributed by atoms with Gasteiger partial charge in [0.15, 0.2) is 5.13 Å². The highest BCUT2D eigenvalue weighted by atomic mass is 32.1. The lowest BCUT2D eigenvalue weighted by Gasteiger charge is -2.19. The molecule has 0 aliphatic carbocycles. The lowest BCUT2D eigenvalue weighted by Crippen LogP contribution is -2.35. The molecule has 3 amide bonds. The fourth-order valence-electron chi connectivity index (χ4n) is 2.27. The van der Waals surface area contributed by atoms with Crippen molar-refractivity contribution in [2.75, 3.05) is 5.32 Å². The summed E-state index contributed by atoms with van der Waals surface area (Å²) in [6.07, 6.45) is 0.0888. The standard InChI is InChI=1S/C16H20N4O2S/c1-9-6-4-5-7-12(9)13(19-15(17)22)8-14(21)20-16-18-10(2)11(3)23-16/h4-7,13H,8H2,1-3H3,(H3,17,19,22)(H,18,20,21)/t13-/m1/s1. The average molecular weight is 332 g/mol. The van der Waals surface area contributed by atoms with Gasteiger partial charge in [0.2, 0.25) is 5.91 Å². The number of nitrogens with one attached hydrogen (secondary N) is 2. The molecule has 0 fully saturated rings. The van der Waals surface area contributed by atoms with Gasteiger partial charge in [0.1, 0.15) is 0 Å². The smallest absolute Gasteiger partial charge is 0.312 e. The van der Waals surface area contributed by atoms with Gasteiger partial charge in [0.25, 0.3) is 0 Å². The summed E-state index contributed by atoms with van der Waals surface area (Å²) in [5.41, 5.74) is 7.99. The summed E-state index contributed by atoms with van der Waals surface area (Å²) in [4.78, 5) is 28.9. The molecule has 0 bridgehead atoms. The molecule has 122 valence electrons. The van der Waals surface area contributed by atoms with Crippen molar-refractivity contribution in [1.29, 1.82) is 0 Å². The van der Waals surface area contributed by atoms with Gasteiger partial charge in [0.05, 0.1) is 18.2 Å². The highest BCUT2D eigenvalue weighted by Gasteiger charge is 2.19. The van der Waals surface area contributed by atoms with Gasteiger partial charge in [-0.15, -0.1) is 11.3 Å². The molecule has 0 saturated heterocycles. The van der Waals surface area contributed by atoms with Gasteiger partial charge < -0.3 is 16.4 Å². The third kappa shape index (κ3) is 4.53. The zero-order valence-corrected chi connectivity index (χ0v) is 14.2. The van der Waals surface area contributed by atoms with Crippen molar-refractivity contribution in [3.8, 4) is 0 Å². The fraction of sp³-hybridized carbons (Fsp3) is 0.312. The number of benzene rings is 1. The second-order valence-electron chi connectivity index (χ2n) is 5.33. The fourth-order valence-corrected chi connectivity index (χ4v) is 3.10. The molecule has 1 aromatic heterocycles. The lowest BCUT2D eigenvalue weighted by atomic mass is 9.98. The van der Waals surface area contributed by atoms with Crippen molar-refractivity contribution in [2.45, 2.75) is 33.2 Å². The SMILES string of the molecule is Cc1ccccc1[C@@H](CC(=O)Nc1nc(C)c(C)s1)NC(N)=O. The number of nitrogens with two attached hydrogens (primary N) is 1. The van der Waals surface area contributed by atoms with Crippen molar-refractivity contribution < 1.29 is 9.59 Å². The van der Waals surface area contributed by atoms with Crippen LogP contribution in [0.2, 0.25) is 0 Å². The molecule has 1 atom stereocenters. The Morgan fingerprint density at radius 2 is 1.96 bits per heavy atom. The maximum Gasteiger partial charge on any atom is 0.312 e. The first kappa shape index (κ1) is 17.0. The molecule has 0 aliphatic heterocycles. The van der Waals surface area contributed by atoms with Gasteiger partial charge in [-0.25, -0.2) is 9.78 Å². The molecule has 23 heavy (non-hydrogen) atoms. The van der Waals surface area contributed by atoms with Gasteiger partial charge in [-0.3, -0.25) is 4.79 Å². The molecule has 4 N–H and O–H groups in total. The summed E-state index contributed by atoms with van der Waals surface area (Å²) >= 11 is 1.43. The number of aromatic nitrogens is 1. The van der Waals surface area contributed by atoms with Crippen LogP contribution in [0.3, 0.4) is 0 Å². The van der Waals surface area contributed by atoms with E-state index < -0.39 is 12.1 Å². The predicted octanol–water partition coefficient (Wildman–Crippen LogP) is 2.81. The molecule has 7 heteroatoms. The average Bonchev–Trinajstić information content (AvgIpc) is 2.76. The Kier molecular flexibility index (Phi) is 5.33. The lowest BCUT2D eigenvalue weighted by molar-refractivity contribution is -0.116. The number of aryl methyl sites for hydroxylation is 3. The van der Waals surface area contributed by atoms with Crippen LogP contribution in [0.1, 0.15) is 34.2 Å². The number of urea groups is 1. The van der Waals surface area contributed by atoms with Crippen LogP contribution in [-0.4, -0.2) is 16.9 Å². The Morgan fingerprint density at radius 1 is 1.26 bits per heavy atom. The van der Waals surface area contributed by atoms with Crippen LogP contribution >= 0.6 is 11.3 Å². The van der Waals surface area contributed by atoms with Crippen molar-refractivity contribution in [3.05, 3.63) is 46.0 Å². The Hall–Kier alpha value is -2.41. The number of anilines is 1. The van der Waals surface area contributed by atoms with Crippen molar-refractivity contribution in [2.24, 2.45) is 5.73 Å². The minimum Gasteiger partial charge on any atom is -0.352 e. The molecule has 0 aliphatic rings. The molecule has 0 unspecified atom stereocenters. The molecule has 2 rings (SSSR count). The minimum absolute atomic E-state index is 0.0888. The molecule has 0 saturated carbocycles. The summed E-state index contributed by atoms with van der Waals surface area (Å²) in [5, 5.41) is 5.97. The Labute approximate surface area is 139 Å². The third-order valence-electron chi connectivity index (χ3n) is 3.54. The van der Waals surface area contributed by atoms with E-state index in [4.69, 9.17) is 5.73 Å². The largest absolute Gasteiger partial charge is 0.352 e. The van der Waals surface area contributed by atoms with Gasteiger partial charge in [0, 0.05) is 4.88 Å². The Bertz CT molecular complexity index is 707. The maximum atomic E-state index is 12.3. The van der Waals surface area contributed by atoms with E-state index in [0.29, 0.717) is 5.13 Å². The number of thiazole rings is 1. The number of carbonyl (C=O) groups excluding carboxylic acids is 2. The molecule has 0 spiro atoms. The van der Waals surface area contributed by atoms with E-state index in [1.807, 2.05) is 45.0 Å². The Morgan fingerprint density at radius 3 is 2.52 bits per heavy atom. The van der Waals surface area contributed by atoms with E-state index in [2.05, 4.69) is 15.6 Å². The van der Waals surface area contributed by atoms with Crippen molar-refractivity contribution in [1.82, 2.24) is 10.3 Å². The first-order chi connectivity index (χ1) is 10.9. The molecule has 1 heterocycles. The van der Waals surface area contributed by atoms with Crippen LogP contribution in [0.5, 0.6) is 0 Å².